The van der Waals surface area contributed by atoms with Gasteiger partial charge in [-0.05, 0) is 24.5 Å². The molecule has 0 fully saturated rings. The van der Waals surface area contributed by atoms with E-state index in [9.17, 15) is 19.2 Å². The lowest BCUT2D eigenvalue weighted by Gasteiger charge is -2.20. The van der Waals surface area contributed by atoms with E-state index in [1.54, 1.807) is 41.0 Å². The molecule has 1 aliphatic rings. The van der Waals surface area contributed by atoms with Crippen LogP contribution in [0.1, 0.15) is 42.3 Å². The minimum Gasteiger partial charge on any atom is -0.451 e. The number of fused-ring (bicyclic) bond motifs is 2. The fraction of sp³-hybridized carbons (Fsp3) is 0.0741. The fourth-order valence-electron chi connectivity index (χ4n) is 4.09. The van der Waals surface area contributed by atoms with Gasteiger partial charge in [0.05, 0.1) is 17.4 Å². The summed E-state index contributed by atoms with van der Waals surface area (Å²) in [6.45, 7) is -0.588. The molecule has 0 spiro atoms. The summed E-state index contributed by atoms with van der Waals surface area (Å²) in [4.78, 5) is 55.8. The van der Waals surface area contributed by atoms with E-state index in [0.29, 0.717) is 10.7 Å². The van der Waals surface area contributed by atoms with Crippen LogP contribution in [0.4, 0.5) is 5.69 Å². The largest absolute Gasteiger partial charge is 0.451 e. The zero-order valence-corrected chi connectivity index (χ0v) is 19.9. The average molecular weight is 498 g/mol. The third-order valence-corrected chi connectivity index (χ3v) is 6.35. The Labute approximate surface area is 210 Å². The van der Waals surface area contributed by atoms with E-state index in [1.807, 2.05) is 36.6 Å². The summed E-state index contributed by atoms with van der Waals surface area (Å²) in [5.41, 5.74) is 2.02. The number of nitrogens with one attached hydrogen (secondary N) is 1. The van der Waals surface area contributed by atoms with E-state index in [4.69, 9.17) is 4.74 Å². The van der Waals surface area contributed by atoms with Gasteiger partial charge in [-0.3, -0.25) is 19.0 Å². The minimum atomic E-state index is -0.725. The number of hydrogen-bond donors (Lipinski definition) is 1. The molecule has 8 nitrogen and oxygen atoms in total. The fourth-order valence-corrected chi connectivity index (χ4v) is 4.63. The Morgan fingerprint density at radius 2 is 1.56 bits per heavy atom. The van der Waals surface area contributed by atoms with Crippen LogP contribution in [0.25, 0.3) is 5.69 Å². The number of hydrogen-bond acceptors (Lipinski definition) is 7. The van der Waals surface area contributed by atoms with Crippen LogP contribution in [0.15, 0.2) is 84.1 Å². The molecule has 1 heterocycles. The minimum absolute atomic E-state index is 0.118. The van der Waals surface area contributed by atoms with Crippen LogP contribution in [0.2, 0.25) is 0 Å². The first-order valence-electron chi connectivity index (χ1n) is 10.9. The van der Waals surface area contributed by atoms with Crippen molar-refractivity contribution in [3.63, 3.8) is 0 Å². The molecule has 3 aromatic carbocycles. The third-order valence-electron chi connectivity index (χ3n) is 5.70. The number of carbonyl (C=O) groups excluding carboxylic acids is 4. The highest BCUT2D eigenvalue weighted by Gasteiger charge is 2.31. The zero-order chi connectivity index (χ0) is 25.2. The topological polar surface area (TPSA) is 107 Å². The van der Waals surface area contributed by atoms with Crippen LogP contribution in [-0.4, -0.2) is 45.9 Å². The van der Waals surface area contributed by atoms with Gasteiger partial charge in [0.15, 0.2) is 29.0 Å². The Hall–Kier alpha value is -4.50. The Kier molecular flexibility index (Phi) is 6.22. The molecule has 1 aromatic heterocycles. The second-order valence-electron chi connectivity index (χ2n) is 7.86. The third kappa shape index (κ3) is 4.09. The summed E-state index contributed by atoms with van der Waals surface area (Å²) < 4.78 is 6.91. The summed E-state index contributed by atoms with van der Waals surface area (Å²) in [5.74, 6) is -2.02. The van der Waals surface area contributed by atoms with Crippen LogP contribution < -0.4 is 5.32 Å². The molecular formula is C27H19N3O5S. The van der Waals surface area contributed by atoms with Gasteiger partial charge in [0.25, 0.3) is 5.91 Å². The highest BCUT2D eigenvalue weighted by molar-refractivity contribution is 7.98. The maximum atomic E-state index is 13.1. The second kappa shape index (κ2) is 9.63. The van der Waals surface area contributed by atoms with Crippen LogP contribution in [-0.2, 0) is 9.53 Å². The summed E-state index contributed by atoms with van der Waals surface area (Å²) >= 11 is 1.37. The van der Waals surface area contributed by atoms with Gasteiger partial charge in [-0.1, -0.05) is 66.4 Å². The molecular weight excluding hydrogens is 478 g/mol. The number of imidazole rings is 1. The molecule has 9 heteroatoms. The van der Waals surface area contributed by atoms with Crippen molar-refractivity contribution in [3.8, 4) is 5.69 Å². The zero-order valence-electron chi connectivity index (χ0n) is 19.1. The number of benzene rings is 3. The van der Waals surface area contributed by atoms with Crippen molar-refractivity contribution in [1.29, 1.82) is 0 Å². The predicted octanol–water partition coefficient (Wildman–Crippen LogP) is 4.17. The number of para-hydroxylation sites is 1. The Balaban J connectivity index is 1.33. The lowest BCUT2D eigenvalue weighted by atomic mass is 9.83. The van der Waals surface area contributed by atoms with Crippen molar-refractivity contribution in [2.24, 2.45) is 0 Å². The predicted molar refractivity (Wildman–Crippen MR) is 134 cm³/mol. The molecule has 0 radical (unpaired) electrons. The molecule has 36 heavy (non-hydrogen) atoms. The summed E-state index contributed by atoms with van der Waals surface area (Å²) in [7, 11) is 0. The van der Waals surface area contributed by atoms with Crippen molar-refractivity contribution in [1.82, 2.24) is 9.55 Å². The number of amides is 1. The van der Waals surface area contributed by atoms with Gasteiger partial charge in [-0.25, -0.2) is 9.78 Å². The molecule has 0 saturated carbocycles. The number of aromatic nitrogens is 2. The van der Waals surface area contributed by atoms with E-state index in [-0.39, 0.29) is 39.6 Å². The van der Waals surface area contributed by atoms with E-state index in [0.717, 1.165) is 5.69 Å². The van der Waals surface area contributed by atoms with Gasteiger partial charge in [0.1, 0.15) is 0 Å². The van der Waals surface area contributed by atoms with Gasteiger partial charge >= 0.3 is 5.97 Å². The van der Waals surface area contributed by atoms with Gasteiger partial charge in [0.2, 0.25) is 0 Å². The molecule has 1 aliphatic carbocycles. The van der Waals surface area contributed by atoms with Gasteiger partial charge in [0, 0.05) is 22.4 Å². The van der Waals surface area contributed by atoms with Gasteiger partial charge < -0.3 is 10.1 Å². The number of rotatable bonds is 6. The van der Waals surface area contributed by atoms with Crippen molar-refractivity contribution < 1.29 is 23.9 Å². The monoisotopic (exact) mass is 497 g/mol. The molecule has 0 saturated heterocycles. The maximum absolute atomic E-state index is 13.1. The van der Waals surface area contributed by atoms with E-state index in [1.165, 1.54) is 24.0 Å². The van der Waals surface area contributed by atoms with Gasteiger partial charge in [-0.2, -0.15) is 0 Å². The number of ketones is 2. The van der Waals surface area contributed by atoms with Crippen molar-refractivity contribution in [2.45, 2.75) is 5.16 Å². The Morgan fingerprint density at radius 1 is 0.889 bits per heavy atom. The van der Waals surface area contributed by atoms with Crippen LogP contribution in [0.3, 0.4) is 0 Å². The number of anilines is 1. The lowest BCUT2D eigenvalue weighted by Crippen LogP contribution is -2.26. The molecule has 178 valence electrons. The summed E-state index contributed by atoms with van der Waals surface area (Å²) in [6.07, 6.45) is 3.24. The average Bonchev–Trinajstić information content (AvgIpc) is 3.35. The summed E-state index contributed by atoms with van der Waals surface area (Å²) in [5, 5.41) is 3.20. The first-order chi connectivity index (χ1) is 17.5. The van der Waals surface area contributed by atoms with Crippen LogP contribution in [0.5, 0.6) is 0 Å². The maximum Gasteiger partial charge on any atom is 0.357 e. The number of thioether (sulfide) groups is 1. The Bertz CT molecular complexity index is 1530. The van der Waals surface area contributed by atoms with Crippen molar-refractivity contribution >= 4 is 40.9 Å². The summed E-state index contributed by atoms with van der Waals surface area (Å²) in [6, 6.07) is 20.4. The van der Waals surface area contributed by atoms with E-state index in [2.05, 4.69) is 10.3 Å². The number of ether oxygens (including phenoxy) is 1. The molecule has 1 N–H and O–H groups in total. The van der Waals surface area contributed by atoms with E-state index >= 15 is 0 Å². The standard InChI is InChI=1S/C27H19N3O5S/c1-36-27-28-14-21(30(27)16-8-3-2-4-9-16)26(34)35-15-22(31)29-20-13-7-12-19-23(20)25(33)18-11-6-5-10-17(18)24(19)32/h2-14H,15H2,1H3,(H,29,31). The number of carbonyl (C=O) groups is 4. The van der Waals surface area contributed by atoms with Crippen LogP contribution >= 0.6 is 11.8 Å². The molecule has 0 bridgehead atoms. The first-order valence-corrected chi connectivity index (χ1v) is 12.2. The SMILES string of the molecule is CSc1ncc(C(=O)OCC(=O)Nc2cccc3c2C(=O)c2ccccc2C3=O)n1-c1ccccc1. The Morgan fingerprint density at radius 3 is 2.28 bits per heavy atom. The highest BCUT2D eigenvalue weighted by Crippen LogP contribution is 2.32. The quantitative estimate of drug-likeness (QED) is 0.277. The molecule has 0 atom stereocenters. The molecule has 0 unspecified atom stereocenters. The lowest BCUT2D eigenvalue weighted by molar-refractivity contribution is -0.119. The molecule has 5 rings (SSSR count). The van der Waals surface area contributed by atoms with Crippen molar-refractivity contribution in [3.05, 3.63) is 107 Å². The van der Waals surface area contributed by atoms with Crippen molar-refractivity contribution in [2.75, 3.05) is 18.2 Å². The van der Waals surface area contributed by atoms with E-state index < -0.39 is 18.5 Å². The molecule has 4 aromatic rings. The smallest absolute Gasteiger partial charge is 0.357 e. The molecule has 1 amide bonds. The second-order valence-corrected chi connectivity index (χ2v) is 8.63. The normalized spacial score (nSPS) is 12.0. The first kappa shape index (κ1) is 23.3. The van der Waals surface area contributed by atoms with Gasteiger partial charge in [-0.15, -0.1) is 0 Å². The number of esters is 1. The molecule has 0 aliphatic heterocycles. The number of nitrogens with zero attached hydrogens (tertiary/aromatic N) is 2. The van der Waals surface area contributed by atoms with Crippen LogP contribution in [0, 0.1) is 0 Å². The highest BCUT2D eigenvalue weighted by atomic mass is 32.2.